The van der Waals surface area contributed by atoms with Gasteiger partial charge in [0.2, 0.25) is 0 Å². The normalized spacial score (nSPS) is 12.0. The molecule has 0 saturated heterocycles. The second-order valence-electron chi connectivity index (χ2n) is 6.97. The molecular weight excluding hydrogens is 314 g/mol. The number of nitrogens with zero attached hydrogens (tertiary/aromatic N) is 2. The fraction of sp³-hybridized carbons (Fsp3) is 0.200. The molecule has 4 rings (SSSR count). The van der Waals surface area contributed by atoms with Gasteiger partial charge >= 0.3 is 0 Å². The number of thiazole rings is 1. The van der Waals surface area contributed by atoms with E-state index >= 15 is 0 Å². The van der Waals surface area contributed by atoms with E-state index in [1.165, 1.54) is 0 Å². The first-order valence-corrected chi connectivity index (χ1v) is 8.90. The van der Waals surface area contributed by atoms with Crippen LogP contribution >= 0.6 is 11.3 Å². The van der Waals surface area contributed by atoms with Crippen molar-refractivity contribution in [3.8, 4) is 22.0 Å². The summed E-state index contributed by atoms with van der Waals surface area (Å²) < 4.78 is 0. The average Bonchev–Trinajstić information content (AvgIpc) is 3.21. The van der Waals surface area contributed by atoms with E-state index in [2.05, 4.69) is 60.4 Å². The van der Waals surface area contributed by atoms with Crippen molar-refractivity contribution in [2.45, 2.75) is 26.2 Å². The zero-order valence-electron chi connectivity index (χ0n) is 14.0. The SMILES string of the molecule is CC(C)(C)c1csc(-c2ccc(-c3nc4ccccc4[nH]3)cc2)n1. The van der Waals surface area contributed by atoms with Crippen LogP contribution in [0.5, 0.6) is 0 Å². The van der Waals surface area contributed by atoms with Crippen molar-refractivity contribution >= 4 is 22.4 Å². The van der Waals surface area contributed by atoms with Gasteiger partial charge in [-0.3, -0.25) is 0 Å². The van der Waals surface area contributed by atoms with E-state index in [0.29, 0.717) is 0 Å². The summed E-state index contributed by atoms with van der Waals surface area (Å²) in [7, 11) is 0. The smallest absolute Gasteiger partial charge is 0.138 e. The zero-order chi connectivity index (χ0) is 16.7. The van der Waals surface area contributed by atoms with Crippen LogP contribution < -0.4 is 0 Å². The lowest BCUT2D eigenvalue weighted by Gasteiger charge is -2.14. The van der Waals surface area contributed by atoms with Crippen LogP contribution in [0, 0.1) is 0 Å². The Morgan fingerprint density at radius 1 is 0.875 bits per heavy atom. The van der Waals surface area contributed by atoms with Crippen molar-refractivity contribution in [2.75, 3.05) is 0 Å². The summed E-state index contributed by atoms with van der Waals surface area (Å²) in [4.78, 5) is 12.8. The Balaban J connectivity index is 1.66. The Hall–Kier alpha value is -2.46. The van der Waals surface area contributed by atoms with E-state index in [4.69, 9.17) is 4.98 Å². The number of H-pyrrole nitrogens is 1. The second kappa shape index (κ2) is 5.56. The standard InChI is InChI=1S/C20H19N3S/c1-20(2,3)17-12-24-19(23-17)14-10-8-13(9-11-14)18-21-15-6-4-5-7-16(15)22-18/h4-12H,1-3H3,(H,21,22). The number of hydrogen-bond acceptors (Lipinski definition) is 3. The fourth-order valence-corrected chi connectivity index (χ4v) is 3.66. The molecule has 0 amide bonds. The Kier molecular flexibility index (Phi) is 3.50. The summed E-state index contributed by atoms with van der Waals surface area (Å²) in [5.74, 6) is 0.900. The number of rotatable bonds is 2. The molecule has 2 heterocycles. The fourth-order valence-electron chi connectivity index (χ4n) is 2.61. The van der Waals surface area contributed by atoms with Gasteiger partial charge in [0.05, 0.1) is 16.7 Å². The van der Waals surface area contributed by atoms with Crippen LogP contribution in [0.25, 0.3) is 33.0 Å². The van der Waals surface area contributed by atoms with Crippen LogP contribution in [0.1, 0.15) is 26.5 Å². The van der Waals surface area contributed by atoms with Gasteiger partial charge in [-0.05, 0) is 12.1 Å². The highest BCUT2D eigenvalue weighted by atomic mass is 32.1. The molecule has 3 nitrogen and oxygen atoms in total. The van der Waals surface area contributed by atoms with E-state index in [0.717, 1.165) is 38.7 Å². The van der Waals surface area contributed by atoms with E-state index in [1.807, 2.05) is 24.3 Å². The van der Waals surface area contributed by atoms with Crippen molar-refractivity contribution < 1.29 is 0 Å². The third-order valence-electron chi connectivity index (χ3n) is 4.07. The predicted octanol–water partition coefficient (Wildman–Crippen LogP) is 5.65. The summed E-state index contributed by atoms with van der Waals surface area (Å²) in [6.45, 7) is 6.57. The lowest BCUT2D eigenvalue weighted by Crippen LogP contribution is -2.11. The molecular formula is C20H19N3S. The van der Waals surface area contributed by atoms with E-state index in [9.17, 15) is 0 Å². The van der Waals surface area contributed by atoms with Crippen LogP contribution in [0.2, 0.25) is 0 Å². The van der Waals surface area contributed by atoms with Crippen molar-refractivity contribution in [2.24, 2.45) is 0 Å². The maximum Gasteiger partial charge on any atom is 0.138 e. The van der Waals surface area contributed by atoms with Crippen molar-refractivity contribution in [3.05, 3.63) is 59.6 Å². The van der Waals surface area contributed by atoms with Crippen LogP contribution in [-0.2, 0) is 5.41 Å². The number of imidazole rings is 1. The molecule has 0 unspecified atom stereocenters. The van der Waals surface area contributed by atoms with Gasteiger partial charge in [0.1, 0.15) is 10.8 Å². The molecule has 0 bridgehead atoms. The predicted molar refractivity (Wildman–Crippen MR) is 101 cm³/mol. The summed E-state index contributed by atoms with van der Waals surface area (Å²) >= 11 is 1.70. The monoisotopic (exact) mass is 333 g/mol. The molecule has 1 N–H and O–H groups in total. The van der Waals surface area contributed by atoms with E-state index in [-0.39, 0.29) is 5.41 Å². The maximum atomic E-state index is 4.78. The minimum atomic E-state index is 0.0863. The van der Waals surface area contributed by atoms with Gasteiger partial charge in [0.15, 0.2) is 0 Å². The Bertz CT molecular complexity index is 955. The van der Waals surface area contributed by atoms with Crippen LogP contribution in [-0.4, -0.2) is 15.0 Å². The molecule has 0 radical (unpaired) electrons. The van der Waals surface area contributed by atoms with Crippen molar-refractivity contribution in [3.63, 3.8) is 0 Å². The van der Waals surface area contributed by atoms with Crippen LogP contribution in [0.15, 0.2) is 53.9 Å². The molecule has 24 heavy (non-hydrogen) atoms. The summed E-state index contributed by atoms with van der Waals surface area (Å²) in [5.41, 5.74) is 5.52. The number of aromatic nitrogens is 3. The number of para-hydroxylation sites is 2. The topological polar surface area (TPSA) is 41.6 Å². The highest BCUT2D eigenvalue weighted by Crippen LogP contribution is 2.31. The van der Waals surface area contributed by atoms with Gasteiger partial charge in [-0.2, -0.15) is 0 Å². The largest absolute Gasteiger partial charge is 0.338 e. The molecule has 0 fully saturated rings. The molecule has 0 aliphatic heterocycles. The summed E-state index contributed by atoms with van der Waals surface area (Å²) in [5, 5.41) is 3.22. The van der Waals surface area contributed by atoms with E-state index in [1.54, 1.807) is 11.3 Å². The molecule has 0 saturated carbocycles. The van der Waals surface area contributed by atoms with E-state index < -0.39 is 0 Å². The zero-order valence-corrected chi connectivity index (χ0v) is 14.8. The lowest BCUT2D eigenvalue weighted by atomic mass is 9.93. The van der Waals surface area contributed by atoms with Gasteiger partial charge < -0.3 is 4.98 Å². The third kappa shape index (κ3) is 2.74. The van der Waals surface area contributed by atoms with Gasteiger partial charge in [0, 0.05) is 21.9 Å². The maximum absolute atomic E-state index is 4.78. The minimum Gasteiger partial charge on any atom is -0.338 e. The molecule has 4 aromatic rings. The Morgan fingerprint density at radius 3 is 2.25 bits per heavy atom. The van der Waals surface area contributed by atoms with Gasteiger partial charge in [-0.1, -0.05) is 57.2 Å². The molecule has 0 spiro atoms. The number of nitrogens with one attached hydrogen (secondary N) is 1. The van der Waals surface area contributed by atoms with Gasteiger partial charge in [-0.15, -0.1) is 11.3 Å². The highest BCUT2D eigenvalue weighted by Gasteiger charge is 2.18. The first kappa shape index (κ1) is 15.1. The third-order valence-corrected chi connectivity index (χ3v) is 4.96. The quantitative estimate of drug-likeness (QED) is 0.515. The van der Waals surface area contributed by atoms with Crippen LogP contribution in [0.3, 0.4) is 0 Å². The van der Waals surface area contributed by atoms with Crippen molar-refractivity contribution in [1.82, 2.24) is 15.0 Å². The number of fused-ring (bicyclic) bond motifs is 1. The number of benzene rings is 2. The molecule has 0 aliphatic carbocycles. The molecule has 4 heteroatoms. The lowest BCUT2D eigenvalue weighted by molar-refractivity contribution is 0.573. The Labute approximate surface area is 145 Å². The van der Waals surface area contributed by atoms with Gasteiger partial charge in [0.25, 0.3) is 0 Å². The summed E-state index contributed by atoms with van der Waals surface area (Å²) in [6, 6.07) is 16.5. The molecule has 120 valence electrons. The summed E-state index contributed by atoms with van der Waals surface area (Å²) in [6.07, 6.45) is 0. The van der Waals surface area contributed by atoms with Crippen molar-refractivity contribution in [1.29, 1.82) is 0 Å². The highest BCUT2D eigenvalue weighted by molar-refractivity contribution is 7.13. The number of aromatic amines is 1. The second-order valence-corrected chi connectivity index (χ2v) is 7.83. The first-order valence-electron chi connectivity index (χ1n) is 8.02. The average molecular weight is 333 g/mol. The Morgan fingerprint density at radius 2 is 1.58 bits per heavy atom. The van der Waals surface area contributed by atoms with Gasteiger partial charge in [-0.25, -0.2) is 9.97 Å². The number of hydrogen-bond donors (Lipinski definition) is 1. The molecule has 0 atom stereocenters. The minimum absolute atomic E-state index is 0.0863. The molecule has 0 aliphatic rings. The molecule has 2 aromatic heterocycles. The van der Waals surface area contributed by atoms with Crippen LogP contribution in [0.4, 0.5) is 0 Å². The first-order chi connectivity index (χ1) is 11.5. The molecule has 2 aromatic carbocycles.